The van der Waals surface area contributed by atoms with E-state index in [1.54, 1.807) is 6.08 Å². The lowest BCUT2D eigenvalue weighted by Gasteiger charge is -2.16. The van der Waals surface area contributed by atoms with Crippen LogP contribution in [0.5, 0.6) is 5.75 Å². The van der Waals surface area contributed by atoms with E-state index in [4.69, 9.17) is 4.74 Å². The molecule has 0 unspecified atom stereocenters. The number of nitrogens with one attached hydrogen (secondary N) is 1. The van der Waals surface area contributed by atoms with Gasteiger partial charge in [-0.2, -0.15) is 5.26 Å². The first kappa shape index (κ1) is 26.3. The quantitative estimate of drug-likeness (QED) is 0.161. The summed E-state index contributed by atoms with van der Waals surface area (Å²) in [5.41, 5.74) is 6.51. The van der Waals surface area contributed by atoms with E-state index in [9.17, 15) is 10.1 Å². The maximum atomic E-state index is 13.1. The Balaban J connectivity index is 1.66. The number of carbonyl (C=O) groups excluding carboxylic acids is 1. The summed E-state index contributed by atoms with van der Waals surface area (Å²) in [6.45, 7) is 2.89. The van der Waals surface area contributed by atoms with Crippen molar-refractivity contribution >= 4 is 12.0 Å². The van der Waals surface area contributed by atoms with E-state index in [-0.39, 0.29) is 5.57 Å². The van der Waals surface area contributed by atoms with Crippen molar-refractivity contribution in [1.82, 2.24) is 9.88 Å². The molecular formula is C35H29N3O2. The molecule has 1 aromatic heterocycles. The molecule has 196 valence electrons. The average molecular weight is 524 g/mol. The number of ether oxygens (including phenoxy) is 1. The molecule has 4 aromatic carbocycles. The van der Waals surface area contributed by atoms with Crippen molar-refractivity contribution in [3.63, 3.8) is 0 Å². The Morgan fingerprint density at radius 2 is 1.45 bits per heavy atom. The number of benzene rings is 4. The van der Waals surface area contributed by atoms with Crippen molar-refractivity contribution in [2.24, 2.45) is 0 Å². The van der Waals surface area contributed by atoms with E-state index in [0.717, 1.165) is 45.1 Å². The van der Waals surface area contributed by atoms with Crippen LogP contribution in [0.4, 0.5) is 0 Å². The molecule has 0 bridgehead atoms. The summed E-state index contributed by atoms with van der Waals surface area (Å²) >= 11 is 0. The zero-order valence-electron chi connectivity index (χ0n) is 22.2. The predicted molar refractivity (Wildman–Crippen MR) is 160 cm³/mol. The van der Waals surface area contributed by atoms with Gasteiger partial charge in [-0.1, -0.05) is 91.0 Å². The Labute approximate surface area is 234 Å². The van der Waals surface area contributed by atoms with Gasteiger partial charge >= 0.3 is 0 Å². The minimum Gasteiger partial charge on any atom is -0.494 e. The molecule has 0 saturated heterocycles. The van der Waals surface area contributed by atoms with Crippen LogP contribution >= 0.6 is 0 Å². The average Bonchev–Trinajstić information content (AvgIpc) is 3.39. The molecule has 40 heavy (non-hydrogen) atoms. The Morgan fingerprint density at radius 1 is 0.850 bits per heavy atom. The second-order valence-corrected chi connectivity index (χ2v) is 9.17. The third kappa shape index (κ3) is 5.87. The zero-order chi connectivity index (χ0) is 27.7. The first-order valence-electron chi connectivity index (χ1n) is 13.2. The van der Waals surface area contributed by atoms with Crippen molar-refractivity contribution in [3.8, 4) is 40.0 Å². The highest BCUT2D eigenvalue weighted by molar-refractivity contribution is 6.02. The van der Waals surface area contributed by atoms with Crippen molar-refractivity contribution in [3.05, 3.63) is 138 Å². The van der Waals surface area contributed by atoms with Gasteiger partial charge in [-0.3, -0.25) is 4.79 Å². The summed E-state index contributed by atoms with van der Waals surface area (Å²) in [6.07, 6.45) is 1.68. The highest BCUT2D eigenvalue weighted by Gasteiger charge is 2.20. The molecule has 0 fully saturated rings. The maximum Gasteiger partial charge on any atom is 0.262 e. The zero-order valence-corrected chi connectivity index (χ0v) is 22.2. The van der Waals surface area contributed by atoms with Crippen LogP contribution in [-0.4, -0.2) is 17.1 Å². The van der Waals surface area contributed by atoms with Gasteiger partial charge in [-0.25, -0.2) is 0 Å². The number of amides is 1. The molecule has 1 heterocycles. The molecule has 0 aliphatic carbocycles. The number of carbonyl (C=O) groups is 1. The molecule has 5 aromatic rings. The highest BCUT2D eigenvalue weighted by atomic mass is 16.5. The van der Waals surface area contributed by atoms with Crippen LogP contribution < -0.4 is 10.1 Å². The summed E-state index contributed by atoms with van der Waals surface area (Å²) < 4.78 is 7.85. The highest BCUT2D eigenvalue weighted by Crippen LogP contribution is 2.37. The lowest BCUT2D eigenvalue weighted by molar-refractivity contribution is -0.117. The largest absolute Gasteiger partial charge is 0.494 e. The van der Waals surface area contributed by atoms with Crippen LogP contribution in [0.1, 0.15) is 18.1 Å². The summed E-state index contributed by atoms with van der Waals surface area (Å²) in [7, 11) is 0. The molecule has 5 heteroatoms. The van der Waals surface area contributed by atoms with Crippen LogP contribution in [0.2, 0.25) is 0 Å². The number of nitriles is 1. The van der Waals surface area contributed by atoms with Gasteiger partial charge in [0.1, 0.15) is 17.4 Å². The predicted octanol–water partition coefficient (Wildman–Crippen LogP) is 7.43. The minimum atomic E-state index is -0.416. The van der Waals surface area contributed by atoms with Crippen LogP contribution in [0.3, 0.4) is 0 Å². The van der Waals surface area contributed by atoms with Gasteiger partial charge in [0.2, 0.25) is 0 Å². The van der Waals surface area contributed by atoms with Gasteiger partial charge in [0.25, 0.3) is 5.91 Å². The standard InChI is InChI=1S/C35H29N3O2/c1-2-40-32-20-18-31(19-21-32)38-33(27-14-8-4-9-15-27)23-29(34(38)28-16-10-5-11-17-28)22-30(24-36)35(39)37-25-26-12-6-3-7-13-26/h3-23H,2,25H2,1H3,(H,37,39)/b30-22+. The van der Waals surface area contributed by atoms with Gasteiger partial charge in [-0.05, 0) is 60.0 Å². The Bertz CT molecular complexity index is 1650. The fourth-order valence-corrected chi connectivity index (χ4v) is 4.66. The van der Waals surface area contributed by atoms with Crippen molar-refractivity contribution in [2.45, 2.75) is 13.5 Å². The van der Waals surface area contributed by atoms with Crippen LogP contribution in [-0.2, 0) is 11.3 Å². The number of hydrogen-bond acceptors (Lipinski definition) is 3. The molecule has 0 radical (unpaired) electrons. The summed E-state index contributed by atoms with van der Waals surface area (Å²) in [5, 5.41) is 12.9. The summed E-state index contributed by atoms with van der Waals surface area (Å²) in [4.78, 5) is 13.1. The SMILES string of the molecule is CCOc1ccc(-n2c(-c3ccccc3)cc(/C=C(\C#N)C(=O)NCc3ccccc3)c2-c2ccccc2)cc1. The Morgan fingerprint density at radius 3 is 2.05 bits per heavy atom. The molecule has 0 spiro atoms. The second-order valence-electron chi connectivity index (χ2n) is 9.17. The lowest BCUT2D eigenvalue weighted by Crippen LogP contribution is -2.23. The number of aromatic nitrogens is 1. The van der Waals surface area contributed by atoms with Gasteiger partial charge in [0.15, 0.2) is 0 Å². The van der Waals surface area contributed by atoms with Crippen LogP contribution in [0, 0.1) is 11.3 Å². The van der Waals surface area contributed by atoms with Crippen molar-refractivity contribution in [1.29, 1.82) is 5.26 Å². The molecule has 1 N–H and O–H groups in total. The number of rotatable bonds is 9. The fourth-order valence-electron chi connectivity index (χ4n) is 4.66. The van der Waals surface area contributed by atoms with Gasteiger partial charge < -0.3 is 14.6 Å². The molecule has 0 atom stereocenters. The van der Waals surface area contributed by atoms with E-state index in [1.807, 2.05) is 116 Å². The molecule has 5 nitrogen and oxygen atoms in total. The van der Waals surface area contributed by atoms with E-state index in [0.29, 0.717) is 13.2 Å². The molecule has 1 amide bonds. The topological polar surface area (TPSA) is 67.0 Å². The monoisotopic (exact) mass is 523 g/mol. The van der Waals surface area contributed by atoms with Crippen LogP contribution in [0.25, 0.3) is 34.3 Å². The van der Waals surface area contributed by atoms with Gasteiger partial charge in [0.05, 0.1) is 18.0 Å². The second kappa shape index (κ2) is 12.5. The summed E-state index contributed by atoms with van der Waals surface area (Å²) in [5.74, 6) is 0.378. The van der Waals surface area contributed by atoms with E-state index >= 15 is 0 Å². The smallest absolute Gasteiger partial charge is 0.262 e. The molecular weight excluding hydrogens is 494 g/mol. The minimum absolute atomic E-state index is 0.0385. The molecule has 0 aliphatic rings. The van der Waals surface area contributed by atoms with Gasteiger partial charge in [0, 0.05) is 17.8 Å². The van der Waals surface area contributed by atoms with Crippen molar-refractivity contribution in [2.75, 3.05) is 6.61 Å². The summed E-state index contributed by atoms with van der Waals surface area (Å²) in [6, 6.07) is 41.9. The number of nitrogens with zero attached hydrogens (tertiary/aromatic N) is 2. The normalized spacial score (nSPS) is 11.1. The lowest BCUT2D eigenvalue weighted by atomic mass is 10.0. The van der Waals surface area contributed by atoms with Crippen molar-refractivity contribution < 1.29 is 9.53 Å². The maximum absolute atomic E-state index is 13.1. The first-order chi connectivity index (χ1) is 19.7. The molecule has 0 aliphatic heterocycles. The fraction of sp³-hybridized carbons (Fsp3) is 0.0857. The van der Waals surface area contributed by atoms with Gasteiger partial charge in [-0.15, -0.1) is 0 Å². The number of hydrogen-bond donors (Lipinski definition) is 1. The molecule has 5 rings (SSSR count). The third-order valence-corrected chi connectivity index (χ3v) is 6.51. The van der Waals surface area contributed by atoms with E-state index < -0.39 is 5.91 Å². The van der Waals surface area contributed by atoms with E-state index in [2.05, 4.69) is 28.1 Å². The molecule has 0 saturated carbocycles. The Kier molecular flexibility index (Phi) is 8.19. The third-order valence-electron chi connectivity index (χ3n) is 6.51. The first-order valence-corrected chi connectivity index (χ1v) is 13.2. The Hall–Kier alpha value is -5.34. The van der Waals surface area contributed by atoms with E-state index in [1.165, 1.54) is 0 Å². The van der Waals surface area contributed by atoms with Crippen LogP contribution in [0.15, 0.2) is 127 Å².